The number of hydrogen-bond acceptors (Lipinski definition) is 3. The molecule has 2 N–H and O–H groups in total. The lowest BCUT2D eigenvalue weighted by Crippen LogP contribution is -2.37. The molecule has 0 aliphatic rings. The van der Waals surface area contributed by atoms with Gasteiger partial charge in [-0.2, -0.15) is 8.78 Å². The molecule has 0 aromatic heterocycles. The van der Waals surface area contributed by atoms with Crippen molar-refractivity contribution in [3.8, 4) is 5.75 Å². The lowest BCUT2D eigenvalue weighted by Gasteiger charge is -2.16. The highest BCUT2D eigenvalue weighted by Crippen LogP contribution is 2.27. The first-order valence-electron chi connectivity index (χ1n) is 8.05. The van der Waals surface area contributed by atoms with E-state index >= 15 is 0 Å². The monoisotopic (exact) mass is 363 g/mol. The minimum Gasteiger partial charge on any atom is -0.494 e. The second-order valence-electron chi connectivity index (χ2n) is 5.61. The first-order chi connectivity index (χ1) is 12.4. The van der Waals surface area contributed by atoms with Crippen molar-refractivity contribution in [3.63, 3.8) is 0 Å². The molecule has 0 aliphatic heterocycles. The number of hydrogen-bond donors (Lipinski definition) is 2. The second-order valence-corrected chi connectivity index (χ2v) is 5.61. The summed E-state index contributed by atoms with van der Waals surface area (Å²) in [6.45, 7) is 0.228. The maximum absolute atomic E-state index is 14.1. The number of halogens is 2. The van der Waals surface area contributed by atoms with E-state index in [0.29, 0.717) is 17.7 Å². The molecule has 0 radical (unpaired) electrons. The third kappa shape index (κ3) is 5.54. The van der Waals surface area contributed by atoms with E-state index in [1.165, 1.54) is 24.3 Å². The number of rotatable bonds is 9. The van der Waals surface area contributed by atoms with Gasteiger partial charge < -0.3 is 15.2 Å². The quantitative estimate of drug-likeness (QED) is 0.670. The summed E-state index contributed by atoms with van der Waals surface area (Å²) in [4.78, 5) is 22.2. The van der Waals surface area contributed by atoms with Gasteiger partial charge in [0.05, 0.1) is 6.61 Å². The molecule has 0 bridgehead atoms. The van der Waals surface area contributed by atoms with E-state index in [9.17, 15) is 18.4 Å². The van der Waals surface area contributed by atoms with Crippen molar-refractivity contribution in [2.75, 3.05) is 6.61 Å². The summed E-state index contributed by atoms with van der Waals surface area (Å²) in [5.74, 6) is -5.31. The Hall–Kier alpha value is -2.96. The number of alkyl halides is 2. The summed E-state index contributed by atoms with van der Waals surface area (Å²) >= 11 is 0. The maximum atomic E-state index is 14.1. The average molecular weight is 363 g/mol. The van der Waals surface area contributed by atoms with Gasteiger partial charge in [0.1, 0.15) is 5.75 Å². The lowest BCUT2D eigenvalue weighted by molar-refractivity contribution is -0.147. The first kappa shape index (κ1) is 19.4. The van der Waals surface area contributed by atoms with Crippen LogP contribution in [0.5, 0.6) is 5.75 Å². The molecular weight excluding hydrogens is 344 g/mol. The molecule has 1 amide bonds. The van der Waals surface area contributed by atoms with E-state index in [4.69, 9.17) is 9.84 Å². The Bertz CT molecular complexity index is 733. The number of carboxylic acids is 1. The van der Waals surface area contributed by atoms with Gasteiger partial charge in [-0.15, -0.1) is 0 Å². The molecule has 26 heavy (non-hydrogen) atoms. The average Bonchev–Trinajstić information content (AvgIpc) is 2.64. The van der Waals surface area contributed by atoms with E-state index < -0.39 is 17.8 Å². The molecule has 0 saturated carbocycles. The zero-order valence-corrected chi connectivity index (χ0v) is 14.0. The Labute approximate surface area is 149 Å². The fraction of sp³-hybridized carbons (Fsp3) is 0.263. The topological polar surface area (TPSA) is 75.6 Å². The largest absolute Gasteiger partial charge is 0.494 e. The van der Waals surface area contributed by atoms with Gasteiger partial charge >= 0.3 is 11.9 Å². The molecule has 2 aromatic carbocycles. The standard InChI is InChI=1S/C19H19F2NO4/c20-19(21,15-5-2-1-3-6-15)18(25)22-13-14-8-10-16(11-9-14)26-12-4-7-17(23)24/h1-3,5-6,8-11H,4,7,12-13H2,(H,22,25)(H,23,24). The molecule has 138 valence electrons. The molecule has 0 saturated heterocycles. The smallest absolute Gasteiger partial charge is 0.349 e. The van der Waals surface area contributed by atoms with E-state index in [0.717, 1.165) is 0 Å². The Morgan fingerprint density at radius 1 is 1.04 bits per heavy atom. The summed E-state index contributed by atoms with van der Waals surface area (Å²) < 4.78 is 33.5. The van der Waals surface area contributed by atoms with E-state index in [1.54, 1.807) is 30.3 Å². The first-order valence-corrected chi connectivity index (χ1v) is 8.05. The van der Waals surface area contributed by atoms with Crippen molar-refractivity contribution in [1.29, 1.82) is 0 Å². The van der Waals surface area contributed by atoms with Crippen molar-refractivity contribution in [1.82, 2.24) is 5.32 Å². The van der Waals surface area contributed by atoms with E-state index in [1.807, 2.05) is 0 Å². The number of carbonyl (C=O) groups excluding carboxylic acids is 1. The summed E-state index contributed by atoms with van der Waals surface area (Å²) in [5, 5.41) is 10.8. The van der Waals surface area contributed by atoms with Crippen molar-refractivity contribution < 1.29 is 28.2 Å². The van der Waals surface area contributed by atoms with Crippen LogP contribution in [0.15, 0.2) is 54.6 Å². The van der Waals surface area contributed by atoms with Crippen molar-refractivity contribution >= 4 is 11.9 Å². The third-order valence-corrected chi connectivity index (χ3v) is 3.60. The predicted molar refractivity (Wildman–Crippen MR) is 91.0 cm³/mol. The summed E-state index contributed by atoms with van der Waals surface area (Å²) in [6, 6.07) is 13.5. The molecule has 0 aliphatic carbocycles. The number of aliphatic carboxylic acids is 1. The van der Waals surface area contributed by atoms with Gasteiger partial charge in [0.15, 0.2) is 0 Å². The fourth-order valence-corrected chi connectivity index (χ4v) is 2.19. The molecule has 0 unspecified atom stereocenters. The molecule has 0 fully saturated rings. The third-order valence-electron chi connectivity index (χ3n) is 3.60. The minimum absolute atomic E-state index is 0.0275. The van der Waals surface area contributed by atoms with Crippen LogP contribution >= 0.6 is 0 Å². The summed E-state index contributed by atoms with van der Waals surface area (Å²) in [6.07, 6.45) is 0.418. The molecule has 0 atom stereocenters. The van der Waals surface area contributed by atoms with Crippen LogP contribution < -0.4 is 10.1 Å². The van der Waals surface area contributed by atoms with Gasteiger partial charge in [-0.1, -0.05) is 42.5 Å². The molecule has 7 heteroatoms. The minimum atomic E-state index is -3.60. The molecule has 2 aromatic rings. The number of carbonyl (C=O) groups is 2. The number of ether oxygens (including phenoxy) is 1. The van der Waals surface area contributed by atoms with Crippen LogP contribution in [0.25, 0.3) is 0 Å². The Kier molecular flexibility index (Phi) is 6.66. The molecule has 2 rings (SSSR count). The lowest BCUT2D eigenvalue weighted by atomic mass is 10.1. The van der Waals surface area contributed by atoms with Gasteiger partial charge in [0.2, 0.25) is 0 Å². The SMILES string of the molecule is O=C(O)CCCOc1ccc(CNC(=O)C(F)(F)c2ccccc2)cc1. The van der Waals surface area contributed by atoms with Crippen molar-refractivity contribution in [2.24, 2.45) is 0 Å². The highest BCUT2D eigenvalue weighted by atomic mass is 19.3. The van der Waals surface area contributed by atoms with Crippen LogP contribution in [0.1, 0.15) is 24.0 Å². The van der Waals surface area contributed by atoms with Crippen LogP contribution in [0.3, 0.4) is 0 Å². The van der Waals surface area contributed by atoms with Crippen molar-refractivity contribution in [3.05, 3.63) is 65.7 Å². The Morgan fingerprint density at radius 3 is 2.31 bits per heavy atom. The van der Waals surface area contributed by atoms with Gasteiger partial charge in [-0.25, -0.2) is 0 Å². The number of amides is 1. The zero-order chi connectivity index (χ0) is 19.0. The van der Waals surface area contributed by atoms with E-state index in [2.05, 4.69) is 5.32 Å². The number of carboxylic acid groups (broad SMARTS) is 1. The van der Waals surface area contributed by atoms with Gasteiger partial charge in [0, 0.05) is 18.5 Å². The second kappa shape index (κ2) is 8.94. The van der Waals surface area contributed by atoms with Crippen LogP contribution in [0.2, 0.25) is 0 Å². The zero-order valence-electron chi connectivity index (χ0n) is 14.0. The normalized spacial score (nSPS) is 11.0. The van der Waals surface area contributed by atoms with Crippen LogP contribution in [-0.2, 0) is 22.1 Å². The molecule has 5 nitrogen and oxygen atoms in total. The maximum Gasteiger partial charge on any atom is 0.349 e. The van der Waals surface area contributed by atoms with Gasteiger partial charge in [-0.3, -0.25) is 9.59 Å². The predicted octanol–water partition coefficient (Wildman–Crippen LogP) is 3.34. The van der Waals surface area contributed by atoms with Gasteiger partial charge in [-0.05, 0) is 24.1 Å². The van der Waals surface area contributed by atoms with Crippen LogP contribution in [0, 0.1) is 0 Å². The van der Waals surface area contributed by atoms with Gasteiger partial charge in [0.25, 0.3) is 5.91 Å². The van der Waals surface area contributed by atoms with Crippen LogP contribution in [0.4, 0.5) is 8.78 Å². The highest BCUT2D eigenvalue weighted by molar-refractivity contribution is 5.84. The number of nitrogens with one attached hydrogen (secondary N) is 1. The fourth-order valence-electron chi connectivity index (χ4n) is 2.19. The Morgan fingerprint density at radius 2 is 1.69 bits per heavy atom. The van der Waals surface area contributed by atoms with Crippen LogP contribution in [-0.4, -0.2) is 23.6 Å². The number of benzene rings is 2. The molecule has 0 spiro atoms. The highest BCUT2D eigenvalue weighted by Gasteiger charge is 2.40. The Balaban J connectivity index is 1.83. The van der Waals surface area contributed by atoms with Crippen molar-refractivity contribution in [2.45, 2.75) is 25.3 Å². The summed E-state index contributed by atoms with van der Waals surface area (Å²) in [7, 11) is 0. The van der Waals surface area contributed by atoms with E-state index in [-0.39, 0.29) is 25.1 Å². The summed E-state index contributed by atoms with van der Waals surface area (Å²) in [5.41, 5.74) is 0.280. The molecular formula is C19H19F2NO4. The molecule has 0 heterocycles.